The number of hydrogen-bond donors (Lipinski definition) is 1. The molecule has 1 aliphatic heterocycles. The van der Waals surface area contributed by atoms with Crippen molar-refractivity contribution in [3.63, 3.8) is 0 Å². The second-order valence-corrected chi connectivity index (χ2v) is 6.20. The first-order valence-electron chi connectivity index (χ1n) is 8.37. The number of hydrazone groups is 1. The highest BCUT2D eigenvalue weighted by Crippen LogP contribution is 2.21. The van der Waals surface area contributed by atoms with Crippen molar-refractivity contribution < 1.29 is 9.59 Å². The second kappa shape index (κ2) is 7.30. The Balaban J connectivity index is 1.66. The van der Waals surface area contributed by atoms with Gasteiger partial charge in [0.15, 0.2) is 0 Å². The SMILES string of the molecule is C/C(=N/NC(=O)c1ccc(C)cc1)c1ccc(N2CCCC2=O)cc1. The molecule has 1 N–H and O–H groups in total. The first-order chi connectivity index (χ1) is 12.0. The van der Waals surface area contributed by atoms with Gasteiger partial charge < -0.3 is 4.90 Å². The van der Waals surface area contributed by atoms with Crippen LogP contribution in [0.4, 0.5) is 5.69 Å². The summed E-state index contributed by atoms with van der Waals surface area (Å²) in [5, 5.41) is 4.17. The summed E-state index contributed by atoms with van der Waals surface area (Å²) < 4.78 is 0. The number of hydrogen-bond acceptors (Lipinski definition) is 3. The molecule has 2 aromatic carbocycles. The van der Waals surface area contributed by atoms with Crippen molar-refractivity contribution in [2.45, 2.75) is 26.7 Å². The summed E-state index contributed by atoms with van der Waals surface area (Å²) in [5.74, 6) is -0.0675. The minimum absolute atomic E-state index is 0.170. The molecule has 0 bridgehead atoms. The maximum Gasteiger partial charge on any atom is 0.271 e. The summed E-state index contributed by atoms with van der Waals surface area (Å²) in [6, 6.07) is 15.0. The number of rotatable bonds is 4. The molecule has 1 aliphatic rings. The van der Waals surface area contributed by atoms with E-state index in [1.54, 1.807) is 17.0 Å². The molecule has 0 unspecified atom stereocenters. The number of amides is 2. The van der Waals surface area contributed by atoms with Gasteiger partial charge in [0, 0.05) is 24.2 Å². The van der Waals surface area contributed by atoms with Gasteiger partial charge >= 0.3 is 0 Å². The lowest BCUT2D eigenvalue weighted by molar-refractivity contribution is -0.117. The summed E-state index contributed by atoms with van der Waals surface area (Å²) in [6.45, 7) is 4.59. The van der Waals surface area contributed by atoms with Crippen LogP contribution in [0.5, 0.6) is 0 Å². The lowest BCUT2D eigenvalue weighted by Crippen LogP contribution is -2.23. The third-order valence-corrected chi connectivity index (χ3v) is 4.31. The van der Waals surface area contributed by atoms with Crippen molar-refractivity contribution in [2.75, 3.05) is 11.4 Å². The van der Waals surface area contributed by atoms with E-state index in [4.69, 9.17) is 0 Å². The monoisotopic (exact) mass is 335 g/mol. The molecule has 5 heteroatoms. The molecule has 2 amide bonds. The minimum Gasteiger partial charge on any atom is -0.312 e. The number of aryl methyl sites for hydroxylation is 1. The zero-order valence-electron chi connectivity index (χ0n) is 14.5. The van der Waals surface area contributed by atoms with E-state index in [-0.39, 0.29) is 11.8 Å². The van der Waals surface area contributed by atoms with Crippen LogP contribution in [0.25, 0.3) is 0 Å². The smallest absolute Gasteiger partial charge is 0.271 e. The molecule has 3 rings (SSSR count). The fourth-order valence-corrected chi connectivity index (χ4v) is 2.77. The number of nitrogens with one attached hydrogen (secondary N) is 1. The van der Waals surface area contributed by atoms with Crippen LogP contribution >= 0.6 is 0 Å². The molecule has 25 heavy (non-hydrogen) atoms. The summed E-state index contributed by atoms with van der Waals surface area (Å²) in [7, 11) is 0. The van der Waals surface area contributed by atoms with E-state index in [0.29, 0.717) is 17.7 Å². The summed E-state index contributed by atoms with van der Waals surface area (Å²) in [6.07, 6.45) is 1.53. The third kappa shape index (κ3) is 3.94. The van der Waals surface area contributed by atoms with Crippen molar-refractivity contribution in [2.24, 2.45) is 5.10 Å². The zero-order valence-corrected chi connectivity index (χ0v) is 14.5. The minimum atomic E-state index is -0.237. The van der Waals surface area contributed by atoms with Crippen LogP contribution in [0, 0.1) is 6.92 Å². The first-order valence-corrected chi connectivity index (χ1v) is 8.37. The highest BCUT2D eigenvalue weighted by molar-refractivity contribution is 6.01. The molecule has 1 fully saturated rings. The van der Waals surface area contributed by atoms with Crippen LogP contribution in [-0.4, -0.2) is 24.1 Å². The average Bonchev–Trinajstić information content (AvgIpc) is 3.06. The van der Waals surface area contributed by atoms with E-state index in [0.717, 1.165) is 29.8 Å². The van der Waals surface area contributed by atoms with E-state index < -0.39 is 0 Å². The summed E-state index contributed by atoms with van der Waals surface area (Å²) >= 11 is 0. The second-order valence-electron chi connectivity index (χ2n) is 6.20. The predicted molar refractivity (Wildman–Crippen MR) is 98.9 cm³/mol. The predicted octanol–water partition coefficient (Wildman–Crippen LogP) is 3.28. The largest absolute Gasteiger partial charge is 0.312 e. The van der Waals surface area contributed by atoms with Crippen LogP contribution in [0.3, 0.4) is 0 Å². The molecular weight excluding hydrogens is 314 g/mol. The molecule has 2 aromatic rings. The van der Waals surface area contributed by atoms with Crippen molar-refractivity contribution in [1.82, 2.24) is 5.43 Å². The van der Waals surface area contributed by atoms with E-state index in [1.165, 1.54) is 0 Å². The number of carbonyl (C=O) groups is 2. The highest BCUT2D eigenvalue weighted by Gasteiger charge is 2.21. The quantitative estimate of drug-likeness (QED) is 0.688. The van der Waals surface area contributed by atoms with Gasteiger partial charge in [0.05, 0.1) is 5.71 Å². The maximum atomic E-state index is 12.1. The molecular formula is C20H21N3O2. The molecule has 128 valence electrons. The molecule has 5 nitrogen and oxygen atoms in total. The molecule has 0 aromatic heterocycles. The topological polar surface area (TPSA) is 61.8 Å². The molecule has 0 radical (unpaired) electrons. The van der Waals surface area contributed by atoms with Gasteiger partial charge in [-0.25, -0.2) is 5.43 Å². The first kappa shape index (κ1) is 16.9. The third-order valence-electron chi connectivity index (χ3n) is 4.31. The molecule has 0 aliphatic carbocycles. The Morgan fingerprint density at radius 2 is 1.68 bits per heavy atom. The van der Waals surface area contributed by atoms with Gasteiger partial charge in [0.2, 0.25) is 5.91 Å². The van der Waals surface area contributed by atoms with E-state index in [2.05, 4.69) is 10.5 Å². The fourth-order valence-electron chi connectivity index (χ4n) is 2.77. The number of carbonyl (C=O) groups excluding carboxylic acids is 2. The van der Waals surface area contributed by atoms with Crippen molar-refractivity contribution >= 4 is 23.2 Å². The molecule has 0 atom stereocenters. The number of nitrogens with zero attached hydrogens (tertiary/aromatic N) is 2. The van der Waals surface area contributed by atoms with Gasteiger partial charge in [0.1, 0.15) is 0 Å². The van der Waals surface area contributed by atoms with Crippen molar-refractivity contribution in [3.05, 3.63) is 65.2 Å². The van der Waals surface area contributed by atoms with Crippen LogP contribution in [-0.2, 0) is 4.79 Å². The Labute approximate surface area is 147 Å². The molecule has 0 saturated carbocycles. The van der Waals surface area contributed by atoms with E-state index in [1.807, 2.05) is 50.2 Å². The van der Waals surface area contributed by atoms with E-state index >= 15 is 0 Å². The molecule has 0 spiro atoms. The van der Waals surface area contributed by atoms with Crippen LogP contribution in [0.1, 0.15) is 41.3 Å². The Kier molecular flexibility index (Phi) is 4.93. The van der Waals surface area contributed by atoms with Gasteiger partial charge in [0.25, 0.3) is 5.91 Å². The Morgan fingerprint density at radius 3 is 2.28 bits per heavy atom. The maximum absolute atomic E-state index is 12.1. The molecule has 1 saturated heterocycles. The molecule has 1 heterocycles. The zero-order chi connectivity index (χ0) is 17.8. The van der Waals surface area contributed by atoms with Crippen LogP contribution in [0.15, 0.2) is 53.6 Å². The van der Waals surface area contributed by atoms with Crippen molar-refractivity contribution in [3.8, 4) is 0 Å². The summed E-state index contributed by atoms with van der Waals surface area (Å²) in [5.41, 5.74) is 6.77. The normalized spacial score (nSPS) is 14.7. The lowest BCUT2D eigenvalue weighted by atomic mass is 10.1. The van der Waals surface area contributed by atoms with Crippen LogP contribution in [0.2, 0.25) is 0 Å². The number of benzene rings is 2. The lowest BCUT2D eigenvalue weighted by Gasteiger charge is -2.15. The van der Waals surface area contributed by atoms with Crippen molar-refractivity contribution in [1.29, 1.82) is 0 Å². The van der Waals surface area contributed by atoms with Gasteiger partial charge in [-0.3, -0.25) is 9.59 Å². The van der Waals surface area contributed by atoms with Crippen LogP contribution < -0.4 is 10.3 Å². The van der Waals surface area contributed by atoms with Gasteiger partial charge in [-0.1, -0.05) is 29.8 Å². The highest BCUT2D eigenvalue weighted by atomic mass is 16.2. The Bertz CT molecular complexity index is 808. The fraction of sp³-hybridized carbons (Fsp3) is 0.250. The Hall–Kier alpha value is -2.95. The van der Waals surface area contributed by atoms with Gasteiger partial charge in [-0.05, 0) is 50.1 Å². The average molecular weight is 335 g/mol. The summed E-state index contributed by atoms with van der Waals surface area (Å²) in [4.78, 5) is 25.7. The standard InChI is InChI=1S/C20H21N3O2/c1-14-5-7-17(8-6-14)20(25)22-21-15(2)16-9-11-18(12-10-16)23-13-3-4-19(23)24/h5-12H,3-4,13H2,1-2H3,(H,22,25)/b21-15-. The number of anilines is 1. The van der Waals surface area contributed by atoms with Gasteiger partial charge in [-0.15, -0.1) is 0 Å². The van der Waals surface area contributed by atoms with Gasteiger partial charge in [-0.2, -0.15) is 5.10 Å². The Morgan fingerprint density at radius 1 is 1.04 bits per heavy atom. The van der Waals surface area contributed by atoms with E-state index in [9.17, 15) is 9.59 Å².